The number of aryl methyl sites for hydroxylation is 2. The Hall–Kier alpha value is -1.85. The smallest absolute Gasteiger partial charge is 0.262 e. The molecule has 0 heterocycles. The Balaban J connectivity index is 2.09. The van der Waals surface area contributed by atoms with Crippen molar-refractivity contribution in [2.24, 2.45) is 0 Å². The lowest BCUT2D eigenvalue weighted by Gasteiger charge is -2.13. The molecule has 0 aromatic heterocycles. The molecule has 1 N–H and O–H groups in total. The van der Waals surface area contributed by atoms with Gasteiger partial charge in [-0.1, -0.05) is 52.3 Å². The summed E-state index contributed by atoms with van der Waals surface area (Å²) in [5, 5.41) is 1.88. The average Bonchev–Trinajstić information content (AvgIpc) is 2.51. The SMILES string of the molecule is Cc1cc(S(=O)(=O)Nc2cccc3ccccc23)c(C)cc1Br. The molecule has 3 nitrogen and oxygen atoms in total. The van der Waals surface area contributed by atoms with Gasteiger partial charge in [0.1, 0.15) is 0 Å². The predicted octanol–water partition coefficient (Wildman–Crippen LogP) is 5.02. The average molecular weight is 390 g/mol. The van der Waals surface area contributed by atoms with E-state index in [1.54, 1.807) is 19.1 Å². The number of hydrogen-bond acceptors (Lipinski definition) is 2. The Kier molecular flexibility index (Phi) is 4.17. The predicted molar refractivity (Wildman–Crippen MR) is 98.4 cm³/mol. The van der Waals surface area contributed by atoms with Crippen molar-refractivity contribution in [3.63, 3.8) is 0 Å². The third kappa shape index (κ3) is 3.12. The third-order valence-electron chi connectivity index (χ3n) is 3.78. The van der Waals surface area contributed by atoms with Crippen LogP contribution in [0.5, 0.6) is 0 Å². The minimum Gasteiger partial charge on any atom is -0.279 e. The van der Waals surface area contributed by atoms with Crippen molar-refractivity contribution >= 4 is 42.4 Å². The first kappa shape index (κ1) is 16.0. The highest BCUT2D eigenvalue weighted by Gasteiger charge is 2.19. The van der Waals surface area contributed by atoms with E-state index in [4.69, 9.17) is 0 Å². The molecule has 23 heavy (non-hydrogen) atoms. The van der Waals surface area contributed by atoms with Crippen LogP contribution in [0.4, 0.5) is 5.69 Å². The number of halogens is 1. The number of sulfonamides is 1. The van der Waals surface area contributed by atoms with Crippen molar-refractivity contribution in [1.29, 1.82) is 0 Å². The van der Waals surface area contributed by atoms with Crippen LogP contribution in [0.25, 0.3) is 10.8 Å². The van der Waals surface area contributed by atoms with Gasteiger partial charge < -0.3 is 0 Å². The van der Waals surface area contributed by atoms with Crippen molar-refractivity contribution in [3.05, 3.63) is 70.2 Å². The molecule has 0 aliphatic rings. The third-order valence-corrected chi connectivity index (χ3v) is 6.14. The van der Waals surface area contributed by atoms with E-state index in [1.165, 1.54) is 0 Å². The van der Waals surface area contributed by atoms with Gasteiger partial charge >= 0.3 is 0 Å². The normalized spacial score (nSPS) is 11.6. The molecule has 5 heteroatoms. The molecule has 3 aromatic rings. The number of rotatable bonds is 3. The molecule has 118 valence electrons. The van der Waals surface area contributed by atoms with Gasteiger partial charge in [-0.25, -0.2) is 8.42 Å². The van der Waals surface area contributed by atoms with Crippen molar-refractivity contribution in [2.45, 2.75) is 18.7 Å². The fourth-order valence-corrected chi connectivity index (χ4v) is 4.41. The van der Waals surface area contributed by atoms with Crippen LogP contribution in [0.15, 0.2) is 64.0 Å². The first-order valence-electron chi connectivity index (χ1n) is 7.16. The molecule has 0 unspecified atom stereocenters. The van der Waals surface area contributed by atoms with E-state index in [1.807, 2.05) is 49.4 Å². The lowest BCUT2D eigenvalue weighted by molar-refractivity contribution is 0.600. The first-order valence-corrected chi connectivity index (χ1v) is 9.43. The number of nitrogens with one attached hydrogen (secondary N) is 1. The molecule has 0 fully saturated rings. The molecule has 0 aliphatic carbocycles. The van der Waals surface area contributed by atoms with Gasteiger partial charge in [0.15, 0.2) is 0 Å². The second-order valence-electron chi connectivity index (χ2n) is 5.50. The van der Waals surface area contributed by atoms with E-state index in [0.717, 1.165) is 20.8 Å². The van der Waals surface area contributed by atoms with E-state index in [2.05, 4.69) is 20.7 Å². The van der Waals surface area contributed by atoms with Gasteiger partial charge in [-0.2, -0.15) is 0 Å². The molecule has 0 bridgehead atoms. The lowest BCUT2D eigenvalue weighted by Crippen LogP contribution is -2.14. The van der Waals surface area contributed by atoms with Crippen LogP contribution < -0.4 is 4.72 Å². The van der Waals surface area contributed by atoms with Crippen molar-refractivity contribution in [2.75, 3.05) is 4.72 Å². The summed E-state index contributed by atoms with van der Waals surface area (Å²) in [7, 11) is -3.65. The van der Waals surface area contributed by atoms with Gasteiger partial charge in [0.05, 0.1) is 10.6 Å². The van der Waals surface area contributed by atoms with Gasteiger partial charge in [0, 0.05) is 9.86 Å². The van der Waals surface area contributed by atoms with Crippen LogP contribution in [0.2, 0.25) is 0 Å². The highest BCUT2D eigenvalue weighted by atomic mass is 79.9. The summed E-state index contributed by atoms with van der Waals surface area (Å²) in [6.45, 7) is 3.67. The number of benzene rings is 3. The largest absolute Gasteiger partial charge is 0.279 e. The molecule has 0 atom stereocenters. The van der Waals surface area contributed by atoms with E-state index >= 15 is 0 Å². The van der Waals surface area contributed by atoms with Gasteiger partial charge in [-0.05, 0) is 48.6 Å². The first-order chi connectivity index (χ1) is 10.9. The summed E-state index contributed by atoms with van der Waals surface area (Å²) in [5.41, 5.74) is 2.17. The summed E-state index contributed by atoms with van der Waals surface area (Å²) >= 11 is 3.43. The maximum atomic E-state index is 12.8. The van der Waals surface area contributed by atoms with Crippen molar-refractivity contribution < 1.29 is 8.42 Å². The lowest BCUT2D eigenvalue weighted by atomic mass is 10.1. The second-order valence-corrected chi connectivity index (χ2v) is 8.00. The number of hydrogen-bond donors (Lipinski definition) is 1. The molecule has 0 spiro atoms. The van der Waals surface area contributed by atoms with Crippen LogP contribution in [0.3, 0.4) is 0 Å². The summed E-state index contributed by atoms with van der Waals surface area (Å²) < 4.78 is 29.2. The van der Waals surface area contributed by atoms with Crippen molar-refractivity contribution in [3.8, 4) is 0 Å². The minimum atomic E-state index is -3.65. The van der Waals surface area contributed by atoms with Gasteiger partial charge in [0.25, 0.3) is 10.0 Å². The van der Waals surface area contributed by atoms with Gasteiger partial charge in [-0.3, -0.25) is 4.72 Å². The van der Waals surface area contributed by atoms with Crippen LogP contribution in [0, 0.1) is 13.8 Å². The van der Waals surface area contributed by atoms with Crippen LogP contribution in [-0.2, 0) is 10.0 Å². The highest BCUT2D eigenvalue weighted by Crippen LogP contribution is 2.28. The Morgan fingerprint density at radius 3 is 2.39 bits per heavy atom. The fraction of sp³-hybridized carbons (Fsp3) is 0.111. The maximum absolute atomic E-state index is 12.8. The maximum Gasteiger partial charge on any atom is 0.262 e. The quantitative estimate of drug-likeness (QED) is 0.683. The molecule has 0 saturated carbocycles. The zero-order valence-corrected chi connectivity index (χ0v) is 15.2. The molecule has 0 radical (unpaired) electrons. The molecule has 3 rings (SSSR count). The second kappa shape index (κ2) is 5.98. The fourth-order valence-electron chi connectivity index (χ4n) is 2.56. The van der Waals surface area contributed by atoms with E-state index in [0.29, 0.717) is 16.1 Å². The monoisotopic (exact) mass is 389 g/mol. The highest BCUT2D eigenvalue weighted by molar-refractivity contribution is 9.10. The van der Waals surface area contributed by atoms with Crippen LogP contribution in [-0.4, -0.2) is 8.42 Å². The Labute approximate surface area is 144 Å². The Morgan fingerprint density at radius 1 is 0.913 bits per heavy atom. The van der Waals surface area contributed by atoms with E-state index in [9.17, 15) is 8.42 Å². The standard InChI is InChI=1S/C18H16BrNO2S/c1-12-11-18(13(2)10-16(12)19)23(21,22)20-17-9-5-7-14-6-3-4-8-15(14)17/h3-11,20H,1-2H3. The number of anilines is 1. The Morgan fingerprint density at radius 2 is 1.61 bits per heavy atom. The van der Waals surface area contributed by atoms with Crippen LogP contribution in [0.1, 0.15) is 11.1 Å². The molecule has 0 amide bonds. The molecular weight excluding hydrogens is 374 g/mol. The van der Waals surface area contributed by atoms with Gasteiger partial charge in [-0.15, -0.1) is 0 Å². The van der Waals surface area contributed by atoms with E-state index < -0.39 is 10.0 Å². The summed E-state index contributed by atoms with van der Waals surface area (Å²) in [4.78, 5) is 0.297. The summed E-state index contributed by atoms with van der Waals surface area (Å²) in [6.07, 6.45) is 0. The van der Waals surface area contributed by atoms with Crippen LogP contribution >= 0.6 is 15.9 Å². The number of fused-ring (bicyclic) bond motifs is 1. The minimum absolute atomic E-state index is 0.297. The summed E-state index contributed by atoms with van der Waals surface area (Å²) in [6, 6.07) is 16.8. The molecule has 3 aromatic carbocycles. The molecular formula is C18H16BrNO2S. The zero-order chi connectivity index (χ0) is 16.6. The topological polar surface area (TPSA) is 46.2 Å². The Bertz CT molecular complexity index is 992. The summed E-state index contributed by atoms with van der Waals surface area (Å²) in [5.74, 6) is 0. The van der Waals surface area contributed by atoms with Crippen molar-refractivity contribution in [1.82, 2.24) is 0 Å². The molecule has 0 saturated heterocycles. The molecule has 0 aliphatic heterocycles. The van der Waals surface area contributed by atoms with Gasteiger partial charge in [0.2, 0.25) is 0 Å². The zero-order valence-electron chi connectivity index (χ0n) is 12.8. The van der Waals surface area contributed by atoms with E-state index in [-0.39, 0.29) is 0 Å².